The monoisotopic (exact) mass is 415 g/mol. The van der Waals surface area contributed by atoms with Crippen LogP contribution in [0.2, 0.25) is 0 Å². The summed E-state index contributed by atoms with van der Waals surface area (Å²) >= 11 is 0. The van der Waals surface area contributed by atoms with Gasteiger partial charge in [0.1, 0.15) is 18.8 Å². The Balaban J connectivity index is 1.74. The molecule has 3 aliphatic rings. The average Bonchev–Trinajstić information content (AvgIpc) is 3.38. The van der Waals surface area contributed by atoms with Gasteiger partial charge in [0.05, 0.1) is 27.4 Å². The fourth-order valence-corrected chi connectivity index (χ4v) is 4.41. The molecule has 2 aromatic carbocycles. The molecule has 3 atom stereocenters. The molecule has 1 N–H and O–H groups in total. The number of hydrogen-bond donors (Lipinski definition) is 1. The Morgan fingerprint density at radius 2 is 1.57 bits per heavy atom. The molecule has 0 bridgehead atoms. The minimum absolute atomic E-state index is 0.0921. The van der Waals surface area contributed by atoms with Crippen LogP contribution in [-0.4, -0.2) is 56.9 Å². The molecule has 2 aromatic rings. The highest BCUT2D eigenvalue weighted by atomic mass is 16.7. The molecule has 0 aliphatic carbocycles. The van der Waals surface area contributed by atoms with Gasteiger partial charge in [-0.05, 0) is 41.0 Å². The number of cyclic esters (lactones) is 1. The molecule has 0 spiro atoms. The minimum Gasteiger partial charge on any atom is -0.493 e. The molecule has 1 fully saturated rings. The average molecular weight is 415 g/mol. The Morgan fingerprint density at radius 3 is 2.17 bits per heavy atom. The number of carbonyl (C=O) groups is 1. The summed E-state index contributed by atoms with van der Waals surface area (Å²) < 4.78 is 32.7. The highest BCUT2D eigenvalue weighted by Gasteiger charge is 2.49. The van der Waals surface area contributed by atoms with Gasteiger partial charge in [-0.1, -0.05) is 0 Å². The van der Waals surface area contributed by atoms with Crippen molar-refractivity contribution in [3.63, 3.8) is 0 Å². The van der Waals surface area contributed by atoms with E-state index < -0.39 is 24.3 Å². The van der Waals surface area contributed by atoms with Crippen LogP contribution in [0.25, 0.3) is 0 Å². The summed E-state index contributed by atoms with van der Waals surface area (Å²) in [6.45, 7) is 0.202. The predicted molar refractivity (Wildman–Crippen MR) is 102 cm³/mol. The van der Waals surface area contributed by atoms with Crippen LogP contribution in [0.15, 0.2) is 24.3 Å². The second kappa shape index (κ2) is 6.88. The third-order valence-electron chi connectivity index (χ3n) is 5.78. The maximum atomic E-state index is 12.7. The van der Waals surface area contributed by atoms with Crippen molar-refractivity contribution in [3.8, 4) is 28.7 Å². The van der Waals surface area contributed by atoms with Crippen molar-refractivity contribution in [2.75, 3.05) is 34.7 Å². The molecule has 0 radical (unpaired) electrons. The number of rotatable bonds is 4. The second-order valence-corrected chi connectivity index (χ2v) is 7.19. The first-order chi connectivity index (χ1) is 14.6. The lowest BCUT2D eigenvalue weighted by Gasteiger charge is -2.40. The molecule has 1 amide bonds. The van der Waals surface area contributed by atoms with Crippen LogP contribution >= 0.6 is 0 Å². The third kappa shape index (κ3) is 2.55. The first-order valence-electron chi connectivity index (χ1n) is 9.43. The number of ether oxygens (including phenoxy) is 6. The van der Waals surface area contributed by atoms with E-state index in [-0.39, 0.29) is 13.4 Å². The molecule has 1 saturated heterocycles. The van der Waals surface area contributed by atoms with Crippen molar-refractivity contribution >= 4 is 6.09 Å². The molecule has 0 saturated carbocycles. The normalized spacial score (nSPS) is 23.5. The molecule has 9 heteroatoms. The summed E-state index contributed by atoms with van der Waals surface area (Å²) in [7, 11) is 4.59. The predicted octanol–water partition coefficient (Wildman–Crippen LogP) is 2.40. The fraction of sp³-hybridized carbons (Fsp3) is 0.381. The molecule has 9 nitrogen and oxygen atoms in total. The van der Waals surface area contributed by atoms with E-state index in [0.717, 1.165) is 11.1 Å². The lowest BCUT2D eigenvalue weighted by molar-refractivity contribution is 0.0586. The molecule has 5 rings (SSSR count). The van der Waals surface area contributed by atoms with E-state index in [1.165, 1.54) is 21.3 Å². The van der Waals surface area contributed by atoms with E-state index >= 15 is 0 Å². The molecule has 0 aromatic heterocycles. The number of amides is 1. The highest BCUT2D eigenvalue weighted by molar-refractivity contribution is 5.74. The van der Waals surface area contributed by atoms with Gasteiger partial charge in [-0.15, -0.1) is 0 Å². The van der Waals surface area contributed by atoms with Gasteiger partial charge in [-0.3, -0.25) is 4.90 Å². The van der Waals surface area contributed by atoms with E-state index in [0.29, 0.717) is 34.3 Å². The first kappa shape index (κ1) is 18.7. The van der Waals surface area contributed by atoms with Crippen molar-refractivity contribution in [2.45, 2.75) is 18.2 Å². The van der Waals surface area contributed by atoms with Crippen molar-refractivity contribution in [3.05, 3.63) is 41.0 Å². The maximum Gasteiger partial charge on any atom is 0.411 e. The maximum absolute atomic E-state index is 12.7. The topological polar surface area (TPSA) is 95.9 Å². The summed E-state index contributed by atoms with van der Waals surface area (Å²) in [4.78, 5) is 14.2. The Hall–Kier alpha value is -3.33. The zero-order chi connectivity index (χ0) is 21.0. The number of aliphatic hydroxyl groups is 1. The molecular formula is C21H21NO8. The summed E-state index contributed by atoms with van der Waals surface area (Å²) in [6, 6.07) is 6.08. The number of aliphatic hydroxyl groups excluding tert-OH is 1. The van der Waals surface area contributed by atoms with E-state index in [2.05, 4.69) is 0 Å². The van der Waals surface area contributed by atoms with Gasteiger partial charge in [-0.2, -0.15) is 0 Å². The molecule has 3 heterocycles. The zero-order valence-corrected chi connectivity index (χ0v) is 16.7. The van der Waals surface area contributed by atoms with Gasteiger partial charge in [0.2, 0.25) is 12.5 Å². The van der Waals surface area contributed by atoms with Gasteiger partial charge in [0.25, 0.3) is 0 Å². The summed E-state index contributed by atoms with van der Waals surface area (Å²) in [5.41, 5.74) is 2.11. The van der Waals surface area contributed by atoms with Crippen molar-refractivity contribution < 1.29 is 38.3 Å². The van der Waals surface area contributed by atoms with E-state index in [9.17, 15) is 9.90 Å². The molecule has 3 unspecified atom stereocenters. The number of carbonyl (C=O) groups excluding carboxylic acids is 1. The quantitative estimate of drug-likeness (QED) is 0.813. The first-order valence-corrected chi connectivity index (χ1v) is 9.43. The van der Waals surface area contributed by atoms with Gasteiger partial charge in [0, 0.05) is 0 Å². The van der Waals surface area contributed by atoms with Crippen LogP contribution in [0, 0.1) is 0 Å². The Labute approximate surface area is 172 Å². The standard InChI is InChI=1S/C21H21NO8/c1-25-16-4-10(5-17(26-2)20(16)27-3)18-11-6-14-15(30-9-29-14)7-12(11)19(23)13-8-28-21(24)22(13)18/h4-7,13,18-19,23H,8-9H2,1-3H3. The summed E-state index contributed by atoms with van der Waals surface area (Å²) in [5.74, 6) is 2.50. The van der Waals surface area contributed by atoms with Crippen LogP contribution < -0.4 is 23.7 Å². The lowest BCUT2D eigenvalue weighted by Crippen LogP contribution is -2.45. The SMILES string of the molecule is COc1cc(C2c3cc4c(cc3C(O)C3COC(=O)N23)OCO4)cc(OC)c1OC. The van der Waals surface area contributed by atoms with Crippen LogP contribution in [0.3, 0.4) is 0 Å². The molecular weight excluding hydrogens is 394 g/mol. The second-order valence-electron chi connectivity index (χ2n) is 7.19. The zero-order valence-electron chi connectivity index (χ0n) is 16.7. The molecule has 3 aliphatic heterocycles. The van der Waals surface area contributed by atoms with E-state index in [4.69, 9.17) is 28.4 Å². The Bertz CT molecular complexity index is 997. The van der Waals surface area contributed by atoms with E-state index in [1.807, 2.05) is 0 Å². The minimum atomic E-state index is -0.917. The molecule has 30 heavy (non-hydrogen) atoms. The van der Waals surface area contributed by atoms with Gasteiger partial charge < -0.3 is 33.5 Å². The number of benzene rings is 2. The number of nitrogens with zero attached hydrogens (tertiary/aromatic N) is 1. The number of hydrogen-bond acceptors (Lipinski definition) is 8. The van der Waals surface area contributed by atoms with Crippen molar-refractivity contribution in [1.29, 1.82) is 0 Å². The van der Waals surface area contributed by atoms with E-state index in [1.54, 1.807) is 29.2 Å². The highest BCUT2D eigenvalue weighted by Crippen LogP contribution is 2.51. The lowest BCUT2D eigenvalue weighted by atomic mass is 9.83. The Kier molecular flexibility index (Phi) is 4.28. The van der Waals surface area contributed by atoms with Crippen LogP contribution in [0.1, 0.15) is 28.8 Å². The summed E-state index contributed by atoms with van der Waals surface area (Å²) in [6.07, 6.45) is -1.42. The Morgan fingerprint density at radius 1 is 0.933 bits per heavy atom. The van der Waals surface area contributed by atoms with Crippen LogP contribution in [-0.2, 0) is 4.74 Å². The number of fused-ring (bicyclic) bond motifs is 3. The van der Waals surface area contributed by atoms with Crippen LogP contribution in [0.4, 0.5) is 4.79 Å². The van der Waals surface area contributed by atoms with Gasteiger partial charge in [-0.25, -0.2) is 4.79 Å². The molecule has 158 valence electrons. The van der Waals surface area contributed by atoms with Gasteiger partial charge in [0.15, 0.2) is 23.0 Å². The summed E-state index contributed by atoms with van der Waals surface area (Å²) in [5, 5.41) is 11.0. The smallest absolute Gasteiger partial charge is 0.411 e. The van der Waals surface area contributed by atoms with Gasteiger partial charge >= 0.3 is 6.09 Å². The van der Waals surface area contributed by atoms with Crippen molar-refractivity contribution in [2.24, 2.45) is 0 Å². The van der Waals surface area contributed by atoms with Crippen LogP contribution in [0.5, 0.6) is 28.7 Å². The largest absolute Gasteiger partial charge is 0.493 e. The fourth-order valence-electron chi connectivity index (χ4n) is 4.41. The van der Waals surface area contributed by atoms with Crippen molar-refractivity contribution in [1.82, 2.24) is 4.90 Å². The number of methoxy groups -OCH3 is 3. The third-order valence-corrected chi connectivity index (χ3v) is 5.78.